The van der Waals surface area contributed by atoms with Crippen molar-refractivity contribution < 1.29 is 4.79 Å². The zero-order valence-corrected chi connectivity index (χ0v) is 16.7. The van der Waals surface area contributed by atoms with Crippen molar-refractivity contribution in [2.24, 2.45) is 5.73 Å². The van der Waals surface area contributed by atoms with E-state index in [1.165, 1.54) is 5.56 Å². The normalized spacial score (nSPS) is 20.1. The van der Waals surface area contributed by atoms with Crippen LogP contribution in [0.3, 0.4) is 0 Å². The molecule has 1 aliphatic carbocycles. The molecule has 4 heteroatoms. The molecular formula is C24H25ClN2O. The summed E-state index contributed by atoms with van der Waals surface area (Å²) in [6.45, 7) is 2.14. The number of halogens is 1. The maximum Gasteiger partial charge on any atom is 0.255 e. The second kappa shape index (κ2) is 8.17. The van der Waals surface area contributed by atoms with E-state index in [1.54, 1.807) is 0 Å². The van der Waals surface area contributed by atoms with E-state index in [2.05, 4.69) is 36.5 Å². The molecule has 1 saturated carbocycles. The average Bonchev–Trinajstić information content (AvgIpc) is 3.41. The molecule has 1 amide bonds. The smallest absolute Gasteiger partial charge is 0.255 e. The summed E-state index contributed by atoms with van der Waals surface area (Å²) in [6, 6.07) is 25.9. The molecule has 0 saturated heterocycles. The predicted octanol–water partition coefficient (Wildman–Crippen LogP) is 5.62. The van der Waals surface area contributed by atoms with Crippen molar-refractivity contribution in [2.45, 2.75) is 31.2 Å². The van der Waals surface area contributed by atoms with E-state index < -0.39 is 0 Å². The minimum absolute atomic E-state index is 0. The van der Waals surface area contributed by atoms with E-state index in [4.69, 9.17) is 5.73 Å². The highest BCUT2D eigenvalue weighted by Crippen LogP contribution is 2.51. The van der Waals surface area contributed by atoms with E-state index in [-0.39, 0.29) is 23.9 Å². The van der Waals surface area contributed by atoms with Gasteiger partial charge in [0.1, 0.15) is 0 Å². The molecule has 3 N–H and O–H groups in total. The number of amides is 1. The van der Waals surface area contributed by atoms with E-state index in [1.807, 2.05) is 54.6 Å². The van der Waals surface area contributed by atoms with Crippen LogP contribution in [0.1, 0.15) is 41.6 Å². The van der Waals surface area contributed by atoms with Crippen molar-refractivity contribution in [1.29, 1.82) is 0 Å². The standard InChI is InChI=1S/C24H24N2O.ClH/c1-2-24(25)16-22(24)19-12-14-21(15-13-19)26-23(27)20-10-8-18(9-11-20)17-6-4-3-5-7-17;/h3-15,22H,2,16,25H2,1H3,(H,26,27);1H/t22-,24+;/m1./s1. The number of carbonyl (C=O) groups is 1. The van der Waals surface area contributed by atoms with E-state index in [9.17, 15) is 4.79 Å². The fraction of sp³-hybridized carbons (Fsp3) is 0.208. The third-order valence-electron chi connectivity index (χ3n) is 5.60. The van der Waals surface area contributed by atoms with Crippen molar-refractivity contribution in [2.75, 3.05) is 5.32 Å². The molecular weight excluding hydrogens is 368 g/mol. The van der Waals surface area contributed by atoms with Gasteiger partial charge in [-0.15, -0.1) is 12.4 Å². The molecule has 1 aliphatic rings. The lowest BCUT2D eigenvalue weighted by molar-refractivity contribution is 0.102. The molecule has 28 heavy (non-hydrogen) atoms. The molecule has 0 aromatic heterocycles. The summed E-state index contributed by atoms with van der Waals surface area (Å²) in [6.07, 6.45) is 2.04. The summed E-state index contributed by atoms with van der Waals surface area (Å²) < 4.78 is 0. The van der Waals surface area contributed by atoms with Crippen LogP contribution in [0.5, 0.6) is 0 Å². The van der Waals surface area contributed by atoms with Crippen molar-refractivity contribution in [3.8, 4) is 11.1 Å². The molecule has 0 radical (unpaired) electrons. The van der Waals surface area contributed by atoms with Crippen molar-refractivity contribution in [3.63, 3.8) is 0 Å². The van der Waals surface area contributed by atoms with Crippen molar-refractivity contribution in [3.05, 3.63) is 90.0 Å². The molecule has 144 valence electrons. The lowest BCUT2D eigenvalue weighted by Crippen LogP contribution is -2.22. The number of nitrogens with two attached hydrogens (primary N) is 1. The maximum absolute atomic E-state index is 12.5. The summed E-state index contributed by atoms with van der Waals surface area (Å²) in [5.74, 6) is 0.341. The minimum atomic E-state index is -0.101. The Morgan fingerprint density at radius 1 is 0.964 bits per heavy atom. The van der Waals surface area contributed by atoms with Crippen LogP contribution in [0.2, 0.25) is 0 Å². The van der Waals surface area contributed by atoms with E-state index >= 15 is 0 Å². The van der Waals surface area contributed by atoms with Crippen LogP contribution >= 0.6 is 12.4 Å². The summed E-state index contributed by atoms with van der Waals surface area (Å²) in [5.41, 5.74) is 11.2. The lowest BCUT2D eigenvalue weighted by Gasteiger charge is -2.10. The van der Waals surface area contributed by atoms with Crippen LogP contribution < -0.4 is 11.1 Å². The molecule has 0 bridgehead atoms. The Bertz CT molecular complexity index is 939. The zero-order chi connectivity index (χ0) is 18.9. The van der Waals surface area contributed by atoms with Crippen LogP contribution in [0.15, 0.2) is 78.9 Å². The first-order valence-electron chi connectivity index (χ1n) is 9.45. The van der Waals surface area contributed by atoms with Crippen molar-refractivity contribution in [1.82, 2.24) is 0 Å². The van der Waals surface area contributed by atoms with E-state index in [0.717, 1.165) is 29.7 Å². The first-order valence-corrected chi connectivity index (χ1v) is 9.45. The highest BCUT2D eigenvalue weighted by atomic mass is 35.5. The monoisotopic (exact) mass is 392 g/mol. The number of rotatable bonds is 5. The van der Waals surface area contributed by atoms with Gasteiger partial charge < -0.3 is 11.1 Å². The zero-order valence-electron chi connectivity index (χ0n) is 15.9. The fourth-order valence-corrected chi connectivity index (χ4v) is 3.61. The number of nitrogens with one attached hydrogen (secondary N) is 1. The molecule has 3 aromatic rings. The largest absolute Gasteiger partial charge is 0.325 e. The first-order chi connectivity index (χ1) is 13.1. The summed E-state index contributed by atoms with van der Waals surface area (Å²) in [5, 5.41) is 2.97. The Labute approximate surface area is 172 Å². The Balaban J connectivity index is 0.00000225. The van der Waals surface area contributed by atoms with Crippen LogP contribution in [0, 0.1) is 0 Å². The highest BCUT2D eigenvalue weighted by molar-refractivity contribution is 6.04. The summed E-state index contributed by atoms with van der Waals surface area (Å²) >= 11 is 0. The van der Waals surface area contributed by atoms with Gasteiger partial charge in [-0.1, -0.05) is 61.5 Å². The Kier molecular flexibility index (Phi) is 5.87. The number of carbonyl (C=O) groups excluding carboxylic acids is 1. The molecule has 0 aliphatic heterocycles. The topological polar surface area (TPSA) is 55.1 Å². The maximum atomic E-state index is 12.5. The van der Waals surface area contributed by atoms with Crippen LogP contribution in [-0.2, 0) is 0 Å². The van der Waals surface area contributed by atoms with Gasteiger partial charge >= 0.3 is 0 Å². The molecule has 1 fully saturated rings. The number of hydrogen-bond acceptors (Lipinski definition) is 2. The van der Waals surface area contributed by atoms with Gasteiger partial charge in [0.2, 0.25) is 0 Å². The van der Waals surface area contributed by atoms with Gasteiger partial charge in [-0.2, -0.15) is 0 Å². The molecule has 2 atom stereocenters. The summed E-state index contributed by atoms with van der Waals surface area (Å²) in [4.78, 5) is 12.5. The van der Waals surface area contributed by atoms with Gasteiger partial charge in [0.15, 0.2) is 0 Å². The van der Waals surface area contributed by atoms with Crippen molar-refractivity contribution >= 4 is 24.0 Å². The van der Waals surface area contributed by atoms with E-state index in [0.29, 0.717) is 11.5 Å². The third kappa shape index (κ3) is 4.11. The highest BCUT2D eigenvalue weighted by Gasteiger charge is 2.49. The Hall–Kier alpha value is -2.62. The molecule has 4 rings (SSSR count). The Morgan fingerprint density at radius 2 is 1.57 bits per heavy atom. The van der Waals surface area contributed by atoms with Gasteiger partial charge in [0, 0.05) is 22.7 Å². The van der Waals surface area contributed by atoms with Gasteiger partial charge in [0.25, 0.3) is 5.91 Å². The molecule has 0 spiro atoms. The quantitative estimate of drug-likeness (QED) is 0.591. The lowest BCUT2D eigenvalue weighted by atomic mass is 10.0. The SMILES string of the molecule is CC[C@]1(N)C[C@@H]1c1ccc(NC(=O)c2ccc(-c3ccccc3)cc2)cc1.Cl. The molecule has 0 heterocycles. The van der Waals surface area contributed by atoms with Crippen LogP contribution in [0.25, 0.3) is 11.1 Å². The number of anilines is 1. The van der Waals surface area contributed by atoms with Crippen LogP contribution in [-0.4, -0.2) is 11.4 Å². The average molecular weight is 393 g/mol. The molecule has 0 unspecified atom stereocenters. The number of hydrogen-bond donors (Lipinski definition) is 2. The minimum Gasteiger partial charge on any atom is -0.325 e. The molecule has 3 nitrogen and oxygen atoms in total. The van der Waals surface area contributed by atoms with Gasteiger partial charge in [-0.05, 0) is 53.8 Å². The first kappa shape index (κ1) is 20.1. The second-order valence-electron chi connectivity index (χ2n) is 7.36. The predicted molar refractivity (Wildman–Crippen MR) is 118 cm³/mol. The number of benzene rings is 3. The fourth-order valence-electron chi connectivity index (χ4n) is 3.61. The summed E-state index contributed by atoms with van der Waals surface area (Å²) in [7, 11) is 0. The third-order valence-corrected chi connectivity index (χ3v) is 5.60. The van der Waals surface area contributed by atoms with Gasteiger partial charge in [-0.3, -0.25) is 4.79 Å². The Morgan fingerprint density at radius 3 is 2.14 bits per heavy atom. The molecule has 3 aromatic carbocycles. The van der Waals surface area contributed by atoms with Gasteiger partial charge in [-0.25, -0.2) is 0 Å². The van der Waals surface area contributed by atoms with Crippen LogP contribution in [0.4, 0.5) is 5.69 Å². The van der Waals surface area contributed by atoms with Gasteiger partial charge in [0.05, 0.1) is 0 Å². The second-order valence-corrected chi connectivity index (χ2v) is 7.36.